The van der Waals surface area contributed by atoms with Gasteiger partial charge in [-0.25, -0.2) is 0 Å². The van der Waals surface area contributed by atoms with Crippen LogP contribution in [0.25, 0.3) is 0 Å². The molecule has 0 spiro atoms. The van der Waals surface area contributed by atoms with Crippen LogP contribution in [0.1, 0.15) is 43.6 Å². The number of amides is 3. The number of rotatable bonds is 3. The van der Waals surface area contributed by atoms with Crippen LogP contribution in [0.5, 0.6) is 0 Å². The van der Waals surface area contributed by atoms with Crippen molar-refractivity contribution in [1.82, 2.24) is 15.1 Å². The van der Waals surface area contributed by atoms with E-state index in [1.807, 2.05) is 12.1 Å². The van der Waals surface area contributed by atoms with Gasteiger partial charge in [-0.2, -0.15) is 0 Å². The Bertz CT molecular complexity index is 639. The maximum atomic E-state index is 12.2. The molecule has 0 atom stereocenters. The van der Waals surface area contributed by atoms with Gasteiger partial charge in [-0.15, -0.1) is 0 Å². The molecule has 1 aromatic rings. The van der Waals surface area contributed by atoms with Crippen molar-refractivity contribution in [3.8, 4) is 0 Å². The van der Waals surface area contributed by atoms with E-state index in [1.165, 1.54) is 6.92 Å². The molecule has 6 nitrogen and oxygen atoms in total. The smallest absolute Gasteiger partial charge is 0.251 e. The van der Waals surface area contributed by atoms with Gasteiger partial charge < -0.3 is 15.1 Å². The van der Waals surface area contributed by atoms with Gasteiger partial charge in [-0.1, -0.05) is 32.9 Å². The van der Waals surface area contributed by atoms with Crippen molar-refractivity contribution < 1.29 is 14.4 Å². The van der Waals surface area contributed by atoms with Crippen LogP contribution in [0.2, 0.25) is 0 Å². The van der Waals surface area contributed by atoms with Crippen molar-refractivity contribution in [3.63, 3.8) is 0 Å². The first kappa shape index (κ1) is 19.0. The first-order valence-corrected chi connectivity index (χ1v) is 8.60. The summed E-state index contributed by atoms with van der Waals surface area (Å²) in [5, 5.41) is 2.68. The molecule has 1 saturated heterocycles. The highest BCUT2D eigenvalue weighted by atomic mass is 16.2. The molecule has 6 heteroatoms. The third-order valence-electron chi connectivity index (χ3n) is 4.49. The maximum absolute atomic E-state index is 12.2. The molecule has 1 fully saturated rings. The molecule has 3 amide bonds. The van der Waals surface area contributed by atoms with Gasteiger partial charge >= 0.3 is 0 Å². The number of hydrogen-bond donors (Lipinski definition) is 1. The van der Waals surface area contributed by atoms with E-state index in [4.69, 9.17) is 0 Å². The van der Waals surface area contributed by atoms with Crippen molar-refractivity contribution in [2.75, 3.05) is 32.7 Å². The monoisotopic (exact) mass is 345 g/mol. The van der Waals surface area contributed by atoms with Crippen LogP contribution >= 0.6 is 0 Å². The van der Waals surface area contributed by atoms with Crippen LogP contribution < -0.4 is 5.32 Å². The fraction of sp³-hybridized carbons (Fsp3) is 0.526. The fourth-order valence-corrected chi connectivity index (χ4v) is 2.76. The normalized spacial score (nSPS) is 15.0. The van der Waals surface area contributed by atoms with E-state index in [-0.39, 0.29) is 29.7 Å². The zero-order valence-corrected chi connectivity index (χ0v) is 15.5. The lowest BCUT2D eigenvalue weighted by molar-refractivity contribution is -0.137. The third-order valence-corrected chi connectivity index (χ3v) is 4.49. The van der Waals surface area contributed by atoms with E-state index in [0.717, 1.165) is 5.56 Å². The third kappa shape index (κ3) is 5.05. The molecule has 1 heterocycles. The molecule has 0 aromatic heterocycles. The van der Waals surface area contributed by atoms with Crippen LogP contribution in [0.15, 0.2) is 24.3 Å². The first-order chi connectivity index (χ1) is 11.7. The summed E-state index contributed by atoms with van der Waals surface area (Å²) in [7, 11) is 0. The molecule has 1 aliphatic rings. The van der Waals surface area contributed by atoms with Crippen molar-refractivity contribution in [1.29, 1.82) is 0 Å². The lowest BCUT2D eigenvalue weighted by Crippen LogP contribution is -2.52. The lowest BCUT2D eigenvalue weighted by Gasteiger charge is -2.34. The quantitative estimate of drug-likeness (QED) is 0.900. The fourth-order valence-electron chi connectivity index (χ4n) is 2.76. The average molecular weight is 345 g/mol. The SMILES string of the molecule is CC(=O)N1CCN(C(=O)CNC(=O)c2ccc(C(C)(C)C)cc2)CC1. The molecule has 0 saturated carbocycles. The molecule has 0 bridgehead atoms. The standard InChI is InChI=1S/C19H27N3O3/c1-14(23)21-9-11-22(12-10-21)17(24)13-20-18(25)15-5-7-16(8-6-15)19(2,3)4/h5-8H,9-13H2,1-4H3,(H,20,25). The average Bonchev–Trinajstić information content (AvgIpc) is 2.58. The Labute approximate surface area is 149 Å². The molecular formula is C19H27N3O3. The number of nitrogens with zero attached hydrogens (tertiary/aromatic N) is 2. The van der Waals surface area contributed by atoms with Crippen LogP contribution in [-0.4, -0.2) is 60.2 Å². The summed E-state index contributed by atoms with van der Waals surface area (Å²) in [4.78, 5) is 39.1. The molecule has 1 aromatic carbocycles. The van der Waals surface area contributed by atoms with Crippen LogP contribution in [0.3, 0.4) is 0 Å². The minimum absolute atomic E-state index is 0.0269. The Balaban J connectivity index is 1.83. The number of benzene rings is 1. The second kappa shape index (κ2) is 7.68. The predicted octanol–water partition coefficient (Wildman–Crippen LogP) is 1.40. The molecule has 0 aliphatic carbocycles. The molecule has 0 radical (unpaired) electrons. The molecule has 25 heavy (non-hydrogen) atoms. The number of hydrogen-bond acceptors (Lipinski definition) is 3. The largest absolute Gasteiger partial charge is 0.343 e. The number of carbonyl (C=O) groups is 3. The highest BCUT2D eigenvalue weighted by Crippen LogP contribution is 2.22. The first-order valence-electron chi connectivity index (χ1n) is 8.60. The second-order valence-electron chi connectivity index (χ2n) is 7.40. The van der Waals surface area contributed by atoms with Crippen LogP contribution in [0.4, 0.5) is 0 Å². The topological polar surface area (TPSA) is 69.7 Å². The van der Waals surface area contributed by atoms with E-state index < -0.39 is 0 Å². The Hall–Kier alpha value is -2.37. The lowest BCUT2D eigenvalue weighted by atomic mass is 9.87. The van der Waals surface area contributed by atoms with Gasteiger partial charge in [0.1, 0.15) is 0 Å². The van der Waals surface area contributed by atoms with Gasteiger partial charge in [0.15, 0.2) is 0 Å². The van der Waals surface area contributed by atoms with E-state index in [1.54, 1.807) is 21.9 Å². The zero-order chi connectivity index (χ0) is 18.6. The minimum atomic E-state index is -0.254. The second-order valence-corrected chi connectivity index (χ2v) is 7.40. The van der Waals surface area contributed by atoms with Gasteiger partial charge in [0.05, 0.1) is 6.54 Å². The number of nitrogens with one attached hydrogen (secondary N) is 1. The Kier molecular flexibility index (Phi) is 5.82. The molecule has 2 rings (SSSR count). The summed E-state index contributed by atoms with van der Waals surface area (Å²) in [5.41, 5.74) is 1.73. The molecule has 0 unspecified atom stereocenters. The van der Waals surface area contributed by atoms with Crippen molar-refractivity contribution >= 4 is 17.7 Å². The summed E-state index contributed by atoms with van der Waals surface area (Å²) >= 11 is 0. The highest BCUT2D eigenvalue weighted by molar-refractivity contribution is 5.96. The van der Waals surface area contributed by atoms with Crippen LogP contribution in [0, 0.1) is 0 Å². The Morgan fingerprint density at radius 3 is 1.96 bits per heavy atom. The van der Waals surface area contributed by atoms with Gasteiger partial charge in [-0.3, -0.25) is 14.4 Å². The Morgan fingerprint density at radius 1 is 0.960 bits per heavy atom. The summed E-state index contributed by atoms with van der Waals surface area (Å²) < 4.78 is 0. The van der Waals surface area contributed by atoms with Crippen molar-refractivity contribution in [2.45, 2.75) is 33.1 Å². The maximum Gasteiger partial charge on any atom is 0.251 e. The summed E-state index contributed by atoms with van der Waals surface area (Å²) in [5.74, 6) is -0.349. The highest BCUT2D eigenvalue weighted by Gasteiger charge is 2.22. The van der Waals surface area contributed by atoms with E-state index in [0.29, 0.717) is 31.7 Å². The van der Waals surface area contributed by atoms with Gasteiger partial charge in [0.2, 0.25) is 11.8 Å². The molecule has 1 aliphatic heterocycles. The Morgan fingerprint density at radius 2 is 1.48 bits per heavy atom. The van der Waals surface area contributed by atoms with E-state index in [9.17, 15) is 14.4 Å². The summed E-state index contributed by atoms with van der Waals surface area (Å²) in [6, 6.07) is 7.45. The number of piperazine rings is 1. The molecule has 136 valence electrons. The van der Waals surface area contributed by atoms with Crippen molar-refractivity contribution in [3.05, 3.63) is 35.4 Å². The summed E-state index contributed by atoms with van der Waals surface area (Å²) in [6.07, 6.45) is 0. The van der Waals surface area contributed by atoms with Crippen molar-refractivity contribution in [2.24, 2.45) is 0 Å². The van der Waals surface area contributed by atoms with Crippen LogP contribution in [-0.2, 0) is 15.0 Å². The van der Waals surface area contributed by atoms with Gasteiger partial charge in [-0.05, 0) is 23.1 Å². The molecule has 1 N–H and O–H groups in total. The van der Waals surface area contributed by atoms with Gasteiger partial charge in [0, 0.05) is 38.7 Å². The van der Waals surface area contributed by atoms with E-state index >= 15 is 0 Å². The molecular weight excluding hydrogens is 318 g/mol. The van der Waals surface area contributed by atoms with E-state index in [2.05, 4.69) is 26.1 Å². The zero-order valence-electron chi connectivity index (χ0n) is 15.5. The predicted molar refractivity (Wildman–Crippen MR) is 96.3 cm³/mol. The number of carbonyl (C=O) groups excluding carboxylic acids is 3. The van der Waals surface area contributed by atoms with Gasteiger partial charge in [0.25, 0.3) is 5.91 Å². The minimum Gasteiger partial charge on any atom is -0.343 e. The summed E-state index contributed by atoms with van der Waals surface area (Å²) in [6.45, 7) is 9.96.